The lowest BCUT2D eigenvalue weighted by Crippen LogP contribution is -2.40. The Morgan fingerprint density at radius 3 is 2.42 bits per heavy atom. The molecule has 0 atom stereocenters. The van der Waals surface area contributed by atoms with Crippen molar-refractivity contribution in [3.05, 3.63) is 45.0 Å². The van der Waals surface area contributed by atoms with Gasteiger partial charge in [-0.25, -0.2) is 13.2 Å². The number of methoxy groups -OCH3 is 2. The summed E-state index contributed by atoms with van der Waals surface area (Å²) in [6, 6.07) is 7.85. The second-order valence-electron chi connectivity index (χ2n) is 7.91. The lowest BCUT2D eigenvalue weighted by Gasteiger charge is -2.29. The number of esters is 2. The number of thiophene rings is 1. The third-order valence-electron chi connectivity index (χ3n) is 5.77. The first-order chi connectivity index (χ1) is 17.1. The molecule has 0 spiro atoms. The molecule has 10 nitrogen and oxygen atoms in total. The average Bonchev–Trinajstić information content (AvgIpc) is 3.46. The number of nitrogens with zero attached hydrogens (tertiary/aromatic N) is 3. The third-order valence-corrected chi connectivity index (χ3v) is 10.4. The molecule has 14 heteroatoms. The highest BCUT2D eigenvalue weighted by molar-refractivity contribution is 7.91. The van der Waals surface area contributed by atoms with Gasteiger partial charge in [0.1, 0.15) is 10.8 Å². The zero-order valence-corrected chi connectivity index (χ0v) is 22.5. The molecule has 1 aliphatic rings. The van der Waals surface area contributed by atoms with Gasteiger partial charge in [-0.15, -0.1) is 11.3 Å². The van der Waals surface area contributed by atoms with Gasteiger partial charge in [0.25, 0.3) is 15.9 Å². The summed E-state index contributed by atoms with van der Waals surface area (Å²) in [6.45, 7) is 0.196. The molecule has 3 aromatic rings. The van der Waals surface area contributed by atoms with Gasteiger partial charge < -0.3 is 14.0 Å². The van der Waals surface area contributed by atoms with Crippen molar-refractivity contribution >= 4 is 72.4 Å². The zero-order chi connectivity index (χ0) is 26.0. The van der Waals surface area contributed by atoms with Gasteiger partial charge in [0.05, 0.1) is 34.3 Å². The Bertz CT molecular complexity index is 1500. The molecule has 0 aliphatic carbocycles. The molecule has 1 saturated heterocycles. The van der Waals surface area contributed by atoms with Crippen LogP contribution in [0.5, 0.6) is 0 Å². The second kappa shape index (κ2) is 10.8. The molecule has 192 valence electrons. The maximum atomic E-state index is 13.1. The van der Waals surface area contributed by atoms with Crippen LogP contribution in [0.15, 0.2) is 39.5 Å². The average molecular weight is 572 g/mol. The van der Waals surface area contributed by atoms with E-state index in [4.69, 9.17) is 21.1 Å². The Morgan fingerprint density at radius 1 is 1.08 bits per heavy atom. The Labute approximate surface area is 219 Å². The maximum absolute atomic E-state index is 13.1. The minimum atomic E-state index is -3.67. The zero-order valence-electron chi connectivity index (χ0n) is 19.3. The fraction of sp³-hybridized carbons (Fsp3) is 0.364. The first-order valence-corrected chi connectivity index (χ1v) is 14.2. The Kier molecular flexibility index (Phi) is 7.95. The number of rotatable bonds is 6. The van der Waals surface area contributed by atoms with E-state index in [0.29, 0.717) is 33.0 Å². The van der Waals surface area contributed by atoms with Crippen LogP contribution in [-0.2, 0) is 35.6 Å². The monoisotopic (exact) mass is 571 g/mol. The van der Waals surface area contributed by atoms with Crippen molar-refractivity contribution in [2.45, 2.75) is 23.6 Å². The molecule has 1 aromatic carbocycles. The summed E-state index contributed by atoms with van der Waals surface area (Å²) in [5.74, 6) is -1.89. The quantitative estimate of drug-likeness (QED) is 0.417. The molecule has 1 aliphatic heterocycles. The molecule has 1 fully saturated rings. The highest BCUT2D eigenvalue weighted by atomic mass is 35.5. The molecule has 0 radical (unpaired) electrons. The van der Waals surface area contributed by atoms with E-state index in [1.165, 1.54) is 30.7 Å². The molecule has 2 aromatic heterocycles. The van der Waals surface area contributed by atoms with Crippen LogP contribution in [0.1, 0.15) is 23.2 Å². The van der Waals surface area contributed by atoms with Crippen LogP contribution in [0.25, 0.3) is 10.2 Å². The van der Waals surface area contributed by atoms with Gasteiger partial charge in [-0.05, 0) is 43.2 Å². The molecule has 4 rings (SSSR count). The first-order valence-electron chi connectivity index (χ1n) is 10.8. The van der Waals surface area contributed by atoms with Crippen molar-refractivity contribution in [1.29, 1.82) is 0 Å². The second-order valence-corrected chi connectivity index (χ2v) is 12.8. The summed E-state index contributed by atoms with van der Waals surface area (Å²) >= 11 is 8.04. The van der Waals surface area contributed by atoms with Gasteiger partial charge >= 0.3 is 11.9 Å². The first kappa shape index (κ1) is 26.5. The van der Waals surface area contributed by atoms with Gasteiger partial charge in [0.15, 0.2) is 4.80 Å². The summed E-state index contributed by atoms with van der Waals surface area (Å²) < 4.78 is 39.3. The number of hydrogen-bond acceptors (Lipinski definition) is 9. The number of carbonyl (C=O) groups is 3. The Morgan fingerprint density at radius 2 is 1.81 bits per heavy atom. The number of aromatic nitrogens is 1. The highest BCUT2D eigenvalue weighted by Crippen LogP contribution is 2.31. The van der Waals surface area contributed by atoms with Gasteiger partial charge in [-0.2, -0.15) is 9.30 Å². The SMILES string of the molecule is COC(=O)Cn1c(=NC(=O)C2CCN(S(=O)(=O)c3ccc(Cl)s3)CC2)sc2cc(C(=O)OC)ccc21. The van der Waals surface area contributed by atoms with Crippen molar-refractivity contribution < 1.29 is 32.3 Å². The molecule has 36 heavy (non-hydrogen) atoms. The number of piperidine rings is 1. The van der Waals surface area contributed by atoms with E-state index in [1.807, 2.05) is 0 Å². The van der Waals surface area contributed by atoms with Crippen molar-refractivity contribution in [3.63, 3.8) is 0 Å². The van der Waals surface area contributed by atoms with Crippen molar-refractivity contribution in [2.24, 2.45) is 10.9 Å². The van der Waals surface area contributed by atoms with Crippen LogP contribution in [0.2, 0.25) is 4.34 Å². The van der Waals surface area contributed by atoms with Crippen molar-refractivity contribution in [1.82, 2.24) is 8.87 Å². The molecular formula is C22H22ClN3O7S3. The highest BCUT2D eigenvalue weighted by Gasteiger charge is 2.33. The fourth-order valence-electron chi connectivity index (χ4n) is 3.84. The van der Waals surface area contributed by atoms with E-state index in [1.54, 1.807) is 22.8 Å². The van der Waals surface area contributed by atoms with E-state index >= 15 is 0 Å². The fourth-order valence-corrected chi connectivity index (χ4v) is 8.02. The van der Waals surface area contributed by atoms with E-state index in [-0.39, 0.29) is 28.6 Å². The lowest BCUT2D eigenvalue weighted by atomic mass is 9.98. The number of ether oxygens (including phenoxy) is 2. The third kappa shape index (κ3) is 5.39. The number of halogens is 1. The minimum absolute atomic E-state index is 0.166. The van der Waals surface area contributed by atoms with Crippen molar-refractivity contribution in [3.8, 4) is 0 Å². The molecule has 1 amide bonds. The Balaban J connectivity index is 1.59. The number of hydrogen-bond donors (Lipinski definition) is 0. The molecule has 0 bridgehead atoms. The van der Waals surface area contributed by atoms with Gasteiger partial charge in [0.2, 0.25) is 0 Å². The van der Waals surface area contributed by atoms with Crippen LogP contribution in [0.4, 0.5) is 0 Å². The smallest absolute Gasteiger partial charge is 0.337 e. The van der Waals surface area contributed by atoms with E-state index in [0.717, 1.165) is 22.7 Å². The van der Waals surface area contributed by atoms with Crippen LogP contribution in [0, 0.1) is 5.92 Å². The molecule has 3 heterocycles. The van der Waals surface area contributed by atoms with Crippen molar-refractivity contribution in [2.75, 3.05) is 27.3 Å². The predicted octanol–water partition coefficient (Wildman–Crippen LogP) is 2.91. The number of amides is 1. The van der Waals surface area contributed by atoms with Gasteiger partial charge in [-0.1, -0.05) is 22.9 Å². The van der Waals surface area contributed by atoms with E-state index < -0.39 is 33.8 Å². The summed E-state index contributed by atoms with van der Waals surface area (Å²) in [5, 5.41) is 0. The largest absolute Gasteiger partial charge is 0.468 e. The van der Waals surface area contributed by atoms with E-state index in [2.05, 4.69) is 4.99 Å². The number of fused-ring (bicyclic) bond motifs is 1. The minimum Gasteiger partial charge on any atom is -0.468 e. The van der Waals surface area contributed by atoms with Crippen LogP contribution in [-0.4, -0.2) is 62.4 Å². The number of sulfonamides is 1. The predicted molar refractivity (Wildman–Crippen MR) is 135 cm³/mol. The number of benzene rings is 1. The van der Waals surface area contributed by atoms with E-state index in [9.17, 15) is 22.8 Å². The van der Waals surface area contributed by atoms with Crippen LogP contribution in [0.3, 0.4) is 0 Å². The summed E-state index contributed by atoms with van der Waals surface area (Å²) in [6.07, 6.45) is 0.629. The van der Waals surface area contributed by atoms with Crippen LogP contribution >= 0.6 is 34.3 Å². The normalized spacial score (nSPS) is 15.8. The van der Waals surface area contributed by atoms with Gasteiger partial charge in [0, 0.05) is 19.0 Å². The van der Waals surface area contributed by atoms with Gasteiger partial charge in [-0.3, -0.25) is 9.59 Å². The topological polar surface area (TPSA) is 124 Å². The molecule has 0 N–H and O–H groups in total. The summed E-state index contributed by atoms with van der Waals surface area (Å²) in [4.78, 5) is 41.6. The number of carbonyl (C=O) groups excluding carboxylic acids is 3. The maximum Gasteiger partial charge on any atom is 0.337 e. The molecule has 0 saturated carbocycles. The lowest BCUT2D eigenvalue weighted by molar-refractivity contribution is -0.141. The van der Waals surface area contributed by atoms with Crippen LogP contribution < -0.4 is 4.80 Å². The summed E-state index contributed by atoms with van der Waals surface area (Å²) in [7, 11) is -1.12. The molecular weight excluding hydrogens is 550 g/mol. The number of thiazole rings is 1. The summed E-state index contributed by atoms with van der Waals surface area (Å²) in [5.41, 5.74) is 0.940. The Hall–Kier alpha value is -2.58. The standard InChI is InChI=1S/C22H22ClN3O7S3/c1-32-18(27)12-26-15-4-3-14(21(29)33-2)11-16(15)34-22(26)24-20(28)13-7-9-25(10-8-13)36(30,31)19-6-5-17(23)35-19/h3-6,11,13H,7-10,12H2,1-2H3. The molecule has 0 unspecified atom stereocenters.